The number of carbonyl (C=O) groups is 1. The summed E-state index contributed by atoms with van der Waals surface area (Å²) in [6.45, 7) is 0.497. The van der Waals surface area contributed by atoms with Gasteiger partial charge in [-0.25, -0.2) is 4.79 Å². The molecule has 0 radical (unpaired) electrons. The third-order valence-electron chi connectivity index (χ3n) is 2.16. The quantitative estimate of drug-likeness (QED) is 0.609. The molecule has 0 aliphatic carbocycles. The van der Waals surface area contributed by atoms with Crippen molar-refractivity contribution >= 4 is 5.97 Å². The maximum absolute atomic E-state index is 11.0. The summed E-state index contributed by atoms with van der Waals surface area (Å²) < 4.78 is 14.5. The number of rotatable bonds is 3. The van der Waals surface area contributed by atoms with Crippen LogP contribution >= 0.6 is 0 Å². The first kappa shape index (κ1) is 10.4. The van der Waals surface area contributed by atoms with Crippen LogP contribution in [0.2, 0.25) is 0 Å². The maximum atomic E-state index is 11.0. The summed E-state index contributed by atoms with van der Waals surface area (Å²) >= 11 is 0. The van der Waals surface area contributed by atoms with Gasteiger partial charge >= 0.3 is 5.97 Å². The Morgan fingerprint density at radius 3 is 2.85 bits per heavy atom. The average Bonchev–Trinajstić information content (AvgIpc) is 2.62. The molecular formula is C8H14O5. The van der Waals surface area contributed by atoms with Crippen molar-refractivity contribution in [2.75, 3.05) is 20.8 Å². The van der Waals surface area contributed by atoms with Gasteiger partial charge in [0.15, 0.2) is 12.4 Å². The maximum Gasteiger partial charge on any atom is 0.335 e. The normalized spacial score (nSPS) is 30.1. The van der Waals surface area contributed by atoms with E-state index in [2.05, 4.69) is 4.74 Å². The predicted octanol–water partition coefficient (Wildman–Crippen LogP) is -0.471. The minimum Gasteiger partial charge on any atom is -0.467 e. The summed E-state index contributed by atoms with van der Waals surface area (Å²) in [6, 6.07) is 0. The minimum atomic E-state index is -1.16. The van der Waals surface area contributed by atoms with Gasteiger partial charge in [-0.1, -0.05) is 0 Å². The molecule has 1 N–H and O–H groups in total. The molecule has 1 aliphatic heterocycles. The molecule has 0 saturated carbocycles. The fourth-order valence-electron chi connectivity index (χ4n) is 1.43. The number of hydrogen-bond acceptors (Lipinski definition) is 5. The molecule has 3 atom stereocenters. The van der Waals surface area contributed by atoms with Crippen molar-refractivity contribution in [2.24, 2.45) is 5.92 Å². The lowest BCUT2D eigenvalue weighted by Crippen LogP contribution is -2.36. The molecule has 0 aromatic carbocycles. The van der Waals surface area contributed by atoms with Crippen LogP contribution in [0.5, 0.6) is 0 Å². The van der Waals surface area contributed by atoms with Crippen LogP contribution in [0.15, 0.2) is 0 Å². The van der Waals surface area contributed by atoms with Crippen LogP contribution in [0.25, 0.3) is 0 Å². The van der Waals surface area contributed by atoms with Crippen molar-refractivity contribution in [1.82, 2.24) is 0 Å². The van der Waals surface area contributed by atoms with Crippen LogP contribution in [0, 0.1) is 5.92 Å². The smallest absolute Gasteiger partial charge is 0.335 e. The Kier molecular flexibility index (Phi) is 3.65. The highest BCUT2D eigenvalue weighted by atomic mass is 16.7. The monoisotopic (exact) mass is 190 g/mol. The second kappa shape index (κ2) is 4.55. The zero-order chi connectivity index (χ0) is 9.84. The Hall–Kier alpha value is -0.650. The zero-order valence-corrected chi connectivity index (χ0v) is 7.73. The number of esters is 1. The van der Waals surface area contributed by atoms with Gasteiger partial charge in [0.1, 0.15) is 0 Å². The lowest BCUT2D eigenvalue weighted by atomic mass is 10.0. The van der Waals surface area contributed by atoms with Gasteiger partial charge in [-0.2, -0.15) is 0 Å². The van der Waals surface area contributed by atoms with Gasteiger partial charge in [-0.05, 0) is 6.42 Å². The fraction of sp³-hybridized carbons (Fsp3) is 0.875. The first-order chi connectivity index (χ1) is 6.20. The molecule has 1 rings (SSSR count). The fourth-order valence-corrected chi connectivity index (χ4v) is 1.43. The predicted molar refractivity (Wildman–Crippen MR) is 42.9 cm³/mol. The molecule has 0 bridgehead atoms. The number of methoxy groups -OCH3 is 2. The van der Waals surface area contributed by atoms with E-state index < -0.39 is 18.4 Å². The average molecular weight is 190 g/mol. The highest BCUT2D eigenvalue weighted by molar-refractivity contribution is 5.74. The van der Waals surface area contributed by atoms with E-state index >= 15 is 0 Å². The second-order valence-electron chi connectivity index (χ2n) is 2.90. The molecule has 0 spiro atoms. The van der Waals surface area contributed by atoms with Crippen LogP contribution in [0.1, 0.15) is 6.42 Å². The standard InChI is InChI=1S/C8H14O5/c1-11-7(10)6(9)5-3-4-13-8(5)12-2/h5-6,8-9H,3-4H2,1-2H3. The van der Waals surface area contributed by atoms with Crippen LogP contribution in [0.4, 0.5) is 0 Å². The molecular weight excluding hydrogens is 176 g/mol. The minimum absolute atomic E-state index is 0.322. The summed E-state index contributed by atoms with van der Waals surface area (Å²) in [6.07, 6.45) is -1.05. The topological polar surface area (TPSA) is 65.0 Å². The van der Waals surface area contributed by atoms with E-state index in [0.29, 0.717) is 13.0 Å². The zero-order valence-electron chi connectivity index (χ0n) is 7.73. The molecule has 3 unspecified atom stereocenters. The van der Waals surface area contributed by atoms with E-state index in [1.165, 1.54) is 14.2 Å². The van der Waals surface area contributed by atoms with Gasteiger partial charge in [-0.3, -0.25) is 0 Å². The summed E-state index contributed by atoms with van der Waals surface area (Å²) in [4.78, 5) is 11.0. The van der Waals surface area contributed by atoms with Gasteiger partial charge < -0.3 is 19.3 Å². The molecule has 1 heterocycles. The second-order valence-corrected chi connectivity index (χ2v) is 2.90. The Labute approximate surface area is 76.6 Å². The Bertz CT molecular complexity index is 181. The number of ether oxygens (including phenoxy) is 3. The van der Waals surface area contributed by atoms with Crippen LogP contribution in [-0.4, -0.2) is 44.3 Å². The van der Waals surface area contributed by atoms with E-state index in [0.717, 1.165) is 0 Å². The lowest BCUT2D eigenvalue weighted by Gasteiger charge is -2.20. The molecule has 0 aromatic rings. The van der Waals surface area contributed by atoms with Crippen LogP contribution in [0.3, 0.4) is 0 Å². The first-order valence-corrected chi connectivity index (χ1v) is 4.11. The number of aliphatic hydroxyl groups excluding tert-OH is 1. The van der Waals surface area contributed by atoms with Crippen molar-refractivity contribution in [2.45, 2.75) is 18.8 Å². The summed E-state index contributed by atoms with van der Waals surface area (Å²) in [5, 5.41) is 9.48. The number of hydrogen-bond donors (Lipinski definition) is 1. The van der Waals surface area contributed by atoms with Gasteiger partial charge in [0.05, 0.1) is 13.7 Å². The molecule has 1 saturated heterocycles. The first-order valence-electron chi connectivity index (χ1n) is 4.11. The van der Waals surface area contributed by atoms with Gasteiger partial charge in [0.2, 0.25) is 0 Å². The van der Waals surface area contributed by atoms with Crippen LogP contribution in [-0.2, 0) is 19.0 Å². The SMILES string of the molecule is COC(=O)C(O)C1CCOC1OC. The number of aliphatic hydroxyl groups is 1. The van der Waals surface area contributed by atoms with E-state index in [1.807, 2.05) is 0 Å². The Balaban J connectivity index is 2.54. The molecule has 1 fully saturated rings. The van der Waals surface area contributed by atoms with Gasteiger partial charge in [-0.15, -0.1) is 0 Å². The Morgan fingerprint density at radius 1 is 1.62 bits per heavy atom. The van der Waals surface area contributed by atoms with Crippen molar-refractivity contribution < 1.29 is 24.1 Å². The van der Waals surface area contributed by atoms with E-state index in [4.69, 9.17) is 9.47 Å². The third kappa shape index (κ3) is 2.18. The highest BCUT2D eigenvalue weighted by Crippen LogP contribution is 2.25. The molecule has 5 nitrogen and oxygen atoms in total. The lowest BCUT2D eigenvalue weighted by molar-refractivity contribution is -0.166. The third-order valence-corrected chi connectivity index (χ3v) is 2.16. The summed E-state index contributed by atoms with van der Waals surface area (Å²) in [5.41, 5.74) is 0. The van der Waals surface area contributed by atoms with Gasteiger partial charge in [0, 0.05) is 13.0 Å². The van der Waals surface area contributed by atoms with Crippen LogP contribution < -0.4 is 0 Å². The molecule has 13 heavy (non-hydrogen) atoms. The van der Waals surface area contributed by atoms with Crippen molar-refractivity contribution in [3.63, 3.8) is 0 Å². The molecule has 0 amide bonds. The van der Waals surface area contributed by atoms with Crippen molar-refractivity contribution in [3.8, 4) is 0 Å². The van der Waals surface area contributed by atoms with Gasteiger partial charge in [0.25, 0.3) is 0 Å². The summed E-state index contributed by atoms with van der Waals surface area (Å²) in [5.74, 6) is -0.963. The van der Waals surface area contributed by atoms with E-state index in [-0.39, 0.29) is 5.92 Å². The largest absolute Gasteiger partial charge is 0.467 e. The van der Waals surface area contributed by atoms with E-state index in [9.17, 15) is 9.90 Å². The molecule has 0 aromatic heterocycles. The van der Waals surface area contributed by atoms with Crippen molar-refractivity contribution in [1.29, 1.82) is 0 Å². The molecule has 1 aliphatic rings. The van der Waals surface area contributed by atoms with E-state index in [1.54, 1.807) is 0 Å². The van der Waals surface area contributed by atoms with Crippen molar-refractivity contribution in [3.05, 3.63) is 0 Å². The highest BCUT2D eigenvalue weighted by Gasteiger charge is 2.38. The molecule has 76 valence electrons. The Morgan fingerprint density at radius 2 is 2.31 bits per heavy atom. The summed E-state index contributed by atoms with van der Waals surface area (Å²) in [7, 11) is 2.72. The number of carbonyl (C=O) groups excluding carboxylic acids is 1. The molecule has 5 heteroatoms.